The summed E-state index contributed by atoms with van der Waals surface area (Å²) in [5.74, 6) is -0.443. The third-order valence-electron chi connectivity index (χ3n) is 2.80. The van der Waals surface area contributed by atoms with Gasteiger partial charge in [0.05, 0.1) is 5.52 Å². The van der Waals surface area contributed by atoms with Crippen molar-refractivity contribution in [2.75, 3.05) is 0 Å². The monoisotopic (exact) mass is 235 g/mol. The lowest BCUT2D eigenvalue weighted by atomic mass is 10.0. The molecule has 2 rings (SSSR count). The van der Waals surface area contributed by atoms with Crippen LogP contribution in [0.4, 0.5) is 0 Å². The summed E-state index contributed by atoms with van der Waals surface area (Å²) in [6.45, 7) is 1.96. The Morgan fingerprint density at radius 3 is 2.82 bits per heavy atom. The van der Waals surface area contributed by atoms with Gasteiger partial charge in [0.1, 0.15) is 0 Å². The average Bonchev–Trinajstić information content (AvgIpc) is 2.64. The van der Waals surface area contributed by atoms with Crippen molar-refractivity contribution in [1.29, 1.82) is 0 Å². The molecule has 1 aromatic heterocycles. The third-order valence-corrected chi connectivity index (χ3v) is 2.80. The maximum absolute atomic E-state index is 11.0. The van der Waals surface area contributed by atoms with Crippen LogP contribution in [0.2, 0.25) is 0 Å². The topological polar surface area (TPSA) is 98.0 Å². The zero-order valence-corrected chi connectivity index (χ0v) is 9.77. The smallest absolute Gasteiger partial charge is 0.408 e. The van der Waals surface area contributed by atoms with E-state index in [2.05, 4.69) is 4.98 Å². The Bertz CT molecular complexity index is 556. The number of benzene rings is 1. The van der Waals surface area contributed by atoms with Gasteiger partial charge in [-0.3, -0.25) is 4.98 Å². The molecule has 0 amide bonds. The fourth-order valence-electron chi connectivity index (χ4n) is 1.81. The van der Waals surface area contributed by atoms with Crippen LogP contribution in [0.3, 0.4) is 0 Å². The summed E-state index contributed by atoms with van der Waals surface area (Å²) in [6.07, 6.45) is 1.70. The fraction of sp³-hybridized carbons (Fsp3) is 0.417. The molecule has 0 aliphatic carbocycles. The SMILES string of the molecule is CC(N)CCC(N)c1ccc2oc(=O)[nH]c2c1. The van der Waals surface area contributed by atoms with E-state index >= 15 is 0 Å². The Hall–Kier alpha value is -1.59. The van der Waals surface area contributed by atoms with Crippen molar-refractivity contribution in [1.82, 2.24) is 4.98 Å². The lowest BCUT2D eigenvalue weighted by Crippen LogP contribution is -2.18. The van der Waals surface area contributed by atoms with Crippen molar-refractivity contribution in [2.45, 2.75) is 31.8 Å². The minimum atomic E-state index is -0.443. The zero-order valence-electron chi connectivity index (χ0n) is 9.77. The Balaban J connectivity index is 2.20. The Kier molecular flexibility index (Phi) is 3.31. The normalized spacial score (nSPS) is 15.0. The minimum Gasteiger partial charge on any atom is -0.408 e. The minimum absolute atomic E-state index is 0.0659. The number of nitrogens with one attached hydrogen (secondary N) is 1. The van der Waals surface area contributed by atoms with Crippen molar-refractivity contribution in [2.24, 2.45) is 11.5 Å². The number of nitrogens with two attached hydrogens (primary N) is 2. The Labute approximate surface area is 98.8 Å². The van der Waals surface area contributed by atoms with Crippen LogP contribution in [0.25, 0.3) is 11.1 Å². The number of fused-ring (bicyclic) bond motifs is 1. The standard InChI is InChI=1S/C12H17N3O2/c1-7(13)2-4-9(14)8-3-5-11-10(6-8)15-12(16)17-11/h3,5-7,9H,2,4,13-14H2,1H3,(H,15,16). The first kappa shape index (κ1) is 11.9. The van der Waals surface area contributed by atoms with Crippen LogP contribution in [0.1, 0.15) is 31.4 Å². The molecule has 2 atom stereocenters. The molecule has 0 spiro atoms. The van der Waals surface area contributed by atoms with E-state index in [4.69, 9.17) is 15.9 Å². The van der Waals surface area contributed by atoms with Crippen LogP contribution >= 0.6 is 0 Å². The molecule has 1 aromatic carbocycles. The molecule has 0 fully saturated rings. The highest BCUT2D eigenvalue weighted by Crippen LogP contribution is 2.20. The molecule has 2 unspecified atom stereocenters. The van der Waals surface area contributed by atoms with E-state index < -0.39 is 5.76 Å². The van der Waals surface area contributed by atoms with Crippen LogP contribution in [-0.2, 0) is 0 Å². The van der Waals surface area contributed by atoms with Crippen LogP contribution in [0.5, 0.6) is 0 Å². The maximum atomic E-state index is 11.0. The summed E-state index contributed by atoms with van der Waals surface area (Å²) < 4.78 is 4.93. The molecule has 0 bridgehead atoms. The quantitative estimate of drug-likeness (QED) is 0.742. The number of rotatable bonds is 4. The summed E-state index contributed by atoms with van der Waals surface area (Å²) in [6, 6.07) is 5.58. The van der Waals surface area contributed by atoms with Crippen molar-refractivity contribution in [3.05, 3.63) is 34.3 Å². The first-order chi connectivity index (χ1) is 8.06. The van der Waals surface area contributed by atoms with Gasteiger partial charge in [0.15, 0.2) is 5.58 Å². The van der Waals surface area contributed by atoms with Crippen LogP contribution in [0.15, 0.2) is 27.4 Å². The summed E-state index contributed by atoms with van der Waals surface area (Å²) in [5.41, 5.74) is 14.0. The van der Waals surface area contributed by atoms with E-state index in [1.165, 1.54) is 0 Å². The maximum Gasteiger partial charge on any atom is 0.417 e. The molecule has 0 saturated heterocycles. The van der Waals surface area contributed by atoms with Crippen molar-refractivity contribution in [3.8, 4) is 0 Å². The molecule has 5 N–H and O–H groups in total. The first-order valence-corrected chi connectivity index (χ1v) is 5.70. The number of aromatic nitrogens is 1. The summed E-state index contributed by atoms with van der Waals surface area (Å²) in [5, 5.41) is 0. The van der Waals surface area contributed by atoms with Crippen molar-refractivity contribution in [3.63, 3.8) is 0 Å². The van der Waals surface area contributed by atoms with E-state index in [1.54, 1.807) is 6.07 Å². The number of hydrogen-bond donors (Lipinski definition) is 3. The largest absolute Gasteiger partial charge is 0.417 e. The van der Waals surface area contributed by atoms with E-state index in [0.717, 1.165) is 18.4 Å². The molecule has 2 aromatic rings. The van der Waals surface area contributed by atoms with Gasteiger partial charge in [0.2, 0.25) is 0 Å². The predicted octanol–water partition coefficient (Wildman–Crippen LogP) is 1.25. The van der Waals surface area contributed by atoms with E-state index in [0.29, 0.717) is 11.1 Å². The summed E-state index contributed by atoms with van der Waals surface area (Å²) >= 11 is 0. The van der Waals surface area contributed by atoms with Gasteiger partial charge < -0.3 is 15.9 Å². The van der Waals surface area contributed by atoms with Gasteiger partial charge in [-0.1, -0.05) is 6.07 Å². The van der Waals surface area contributed by atoms with Crippen LogP contribution < -0.4 is 17.2 Å². The molecule has 17 heavy (non-hydrogen) atoms. The summed E-state index contributed by atoms with van der Waals surface area (Å²) in [7, 11) is 0. The van der Waals surface area contributed by atoms with Gasteiger partial charge in [-0.15, -0.1) is 0 Å². The molecular formula is C12H17N3O2. The second-order valence-corrected chi connectivity index (χ2v) is 4.43. The van der Waals surface area contributed by atoms with E-state index in [-0.39, 0.29) is 12.1 Å². The second-order valence-electron chi connectivity index (χ2n) is 4.43. The number of H-pyrrole nitrogens is 1. The molecule has 5 nitrogen and oxygen atoms in total. The highest BCUT2D eigenvalue weighted by molar-refractivity contribution is 5.72. The summed E-state index contributed by atoms with van der Waals surface area (Å²) in [4.78, 5) is 13.6. The van der Waals surface area contributed by atoms with Gasteiger partial charge >= 0.3 is 5.76 Å². The van der Waals surface area contributed by atoms with Crippen molar-refractivity contribution >= 4 is 11.1 Å². The Morgan fingerprint density at radius 2 is 2.12 bits per heavy atom. The number of oxazole rings is 1. The third kappa shape index (κ3) is 2.75. The molecule has 1 heterocycles. The van der Waals surface area contributed by atoms with Gasteiger partial charge in [0.25, 0.3) is 0 Å². The zero-order chi connectivity index (χ0) is 12.4. The highest BCUT2D eigenvalue weighted by atomic mass is 16.4. The van der Waals surface area contributed by atoms with E-state index in [9.17, 15) is 4.79 Å². The average molecular weight is 235 g/mol. The lowest BCUT2D eigenvalue weighted by Gasteiger charge is -2.13. The second kappa shape index (κ2) is 4.73. The number of hydrogen-bond acceptors (Lipinski definition) is 4. The molecule has 92 valence electrons. The van der Waals surface area contributed by atoms with Crippen molar-refractivity contribution < 1.29 is 4.42 Å². The lowest BCUT2D eigenvalue weighted by molar-refractivity contribution is 0.552. The van der Waals surface area contributed by atoms with Crippen LogP contribution in [0, 0.1) is 0 Å². The molecule has 0 saturated carbocycles. The molecule has 0 aliphatic heterocycles. The Morgan fingerprint density at radius 1 is 1.35 bits per heavy atom. The van der Waals surface area contributed by atoms with Gasteiger partial charge in [-0.05, 0) is 37.5 Å². The van der Waals surface area contributed by atoms with E-state index in [1.807, 2.05) is 19.1 Å². The molecular weight excluding hydrogens is 218 g/mol. The van der Waals surface area contributed by atoms with Gasteiger partial charge in [0, 0.05) is 12.1 Å². The molecule has 0 aliphatic rings. The number of aromatic amines is 1. The predicted molar refractivity (Wildman–Crippen MR) is 66.6 cm³/mol. The first-order valence-electron chi connectivity index (χ1n) is 5.70. The highest BCUT2D eigenvalue weighted by Gasteiger charge is 2.09. The molecule has 0 radical (unpaired) electrons. The fourth-order valence-corrected chi connectivity index (χ4v) is 1.81. The van der Waals surface area contributed by atoms with Crippen LogP contribution in [-0.4, -0.2) is 11.0 Å². The molecule has 5 heteroatoms. The van der Waals surface area contributed by atoms with Gasteiger partial charge in [-0.25, -0.2) is 4.79 Å². The van der Waals surface area contributed by atoms with Gasteiger partial charge in [-0.2, -0.15) is 0 Å².